The van der Waals surface area contributed by atoms with Crippen LogP contribution in [0.25, 0.3) is 0 Å². The zero-order valence-corrected chi connectivity index (χ0v) is 13.7. The van der Waals surface area contributed by atoms with Gasteiger partial charge in [0.15, 0.2) is 0 Å². The average Bonchev–Trinajstić information content (AvgIpc) is 2.50. The minimum absolute atomic E-state index is 0.00388. The minimum Gasteiger partial charge on any atom is -0.497 e. The monoisotopic (exact) mass is 353 g/mol. The molecular weight excluding hydrogens is 337 g/mol. The third-order valence-electron chi connectivity index (χ3n) is 3.22. The highest BCUT2D eigenvalue weighted by Gasteiger charge is 2.11. The lowest BCUT2D eigenvalue weighted by molar-refractivity contribution is 0.395. The Balaban J connectivity index is 2.22. The van der Waals surface area contributed by atoms with Crippen molar-refractivity contribution < 1.29 is 13.9 Å². The molecule has 0 aliphatic carbocycles. The Labute approximate surface area is 132 Å². The highest BCUT2D eigenvalue weighted by atomic mass is 79.9. The molecule has 0 saturated heterocycles. The van der Waals surface area contributed by atoms with E-state index in [1.807, 2.05) is 25.1 Å². The van der Waals surface area contributed by atoms with E-state index in [0.29, 0.717) is 10.2 Å². The van der Waals surface area contributed by atoms with E-state index >= 15 is 0 Å². The molecule has 0 amide bonds. The summed E-state index contributed by atoms with van der Waals surface area (Å²) >= 11 is 3.20. The lowest BCUT2D eigenvalue weighted by atomic mass is 10.1. The summed E-state index contributed by atoms with van der Waals surface area (Å²) in [5.74, 6) is 1.16. The van der Waals surface area contributed by atoms with E-state index in [1.54, 1.807) is 26.4 Å². The highest BCUT2D eigenvalue weighted by molar-refractivity contribution is 9.10. The van der Waals surface area contributed by atoms with Crippen LogP contribution in [0.1, 0.15) is 18.5 Å². The molecule has 0 bridgehead atoms. The molecule has 0 heterocycles. The van der Waals surface area contributed by atoms with Gasteiger partial charge in [0.1, 0.15) is 17.3 Å². The number of halogens is 2. The Bertz CT molecular complexity index is 634. The fourth-order valence-corrected chi connectivity index (χ4v) is 2.41. The van der Waals surface area contributed by atoms with Crippen molar-refractivity contribution in [1.82, 2.24) is 0 Å². The lowest BCUT2D eigenvalue weighted by Gasteiger charge is -2.18. The van der Waals surface area contributed by atoms with Gasteiger partial charge in [-0.1, -0.05) is 6.07 Å². The molecule has 0 aliphatic rings. The second-order valence-electron chi connectivity index (χ2n) is 4.61. The smallest absolute Gasteiger partial charge is 0.145 e. The number of hydrogen-bond acceptors (Lipinski definition) is 3. The Morgan fingerprint density at radius 3 is 2.48 bits per heavy atom. The molecule has 21 heavy (non-hydrogen) atoms. The van der Waals surface area contributed by atoms with Crippen LogP contribution in [-0.4, -0.2) is 14.2 Å². The van der Waals surface area contributed by atoms with Crippen LogP contribution in [0.2, 0.25) is 0 Å². The first-order valence-corrected chi connectivity index (χ1v) is 7.28. The van der Waals surface area contributed by atoms with Crippen molar-refractivity contribution in [2.24, 2.45) is 0 Å². The second-order valence-corrected chi connectivity index (χ2v) is 5.46. The predicted octanol–water partition coefficient (Wildman–Crippen LogP) is 4.78. The third kappa shape index (κ3) is 3.67. The summed E-state index contributed by atoms with van der Waals surface area (Å²) in [5, 5.41) is 3.35. The standard InChI is InChI=1S/C16H17BrFNO2/c1-10(11-4-6-14(18)13(17)8-11)19-15-7-5-12(20-2)9-16(15)21-3/h4-10,19H,1-3H3. The van der Waals surface area contributed by atoms with Gasteiger partial charge in [0, 0.05) is 12.1 Å². The average molecular weight is 354 g/mol. The largest absolute Gasteiger partial charge is 0.497 e. The summed E-state index contributed by atoms with van der Waals surface area (Å²) in [7, 11) is 3.22. The lowest BCUT2D eigenvalue weighted by Crippen LogP contribution is -2.08. The zero-order valence-electron chi connectivity index (χ0n) is 12.1. The van der Waals surface area contributed by atoms with Gasteiger partial charge in [-0.15, -0.1) is 0 Å². The van der Waals surface area contributed by atoms with Crippen molar-refractivity contribution in [3.05, 3.63) is 52.3 Å². The second kappa shape index (κ2) is 6.80. The minimum atomic E-state index is -0.270. The molecular formula is C16H17BrFNO2. The van der Waals surface area contributed by atoms with E-state index in [9.17, 15) is 4.39 Å². The summed E-state index contributed by atoms with van der Waals surface area (Å²) in [6.45, 7) is 2.00. The number of anilines is 1. The molecule has 0 spiro atoms. The molecule has 0 fully saturated rings. The van der Waals surface area contributed by atoms with Crippen LogP contribution >= 0.6 is 15.9 Å². The topological polar surface area (TPSA) is 30.5 Å². The molecule has 112 valence electrons. The maximum Gasteiger partial charge on any atom is 0.145 e. The summed E-state index contributed by atoms with van der Waals surface area (Å²) in [5.41, 5.74) is 1.83. The molecule has 2 aromatic carbocycles. The zero-order chi connectivity index (χ0) is 15.4. The fraction of sp³-hybridized carbons (Fsp3) is 0.250. The van der Waals surface area contributed by atoms with Gasteiger partial charge in [0.25, 0.3) is 0 Å². The number of methoxy groups -OCH3 is 2. The van der Waals surface area contributed by atoms with Gasteiger partial charge in [-0.3, -0.25) is 0 Å². The fourth-order valence-electron chi connectivity index (χ4n) is 2.02. The summed E-state index contributed by atoms with van der Waals surface area (Å²) < 4.78 is 24.3. The molecule has 0 aromatic heterocycles. The van der Waals surface area contributed by atoms with Gasteiger partial charge in [-0.25, -0.2) is 4.39 Å². The Morgan fingerprint density at radius 2 is 1.86 bits per heavy atom. The Kier molecular flexibility index (Phi) is 5.07. The van der Waals surface area contributed by atoms with Gasteiger partial charge in [0.05, 0.1) is 24.4 Å². The summed E-state index contributed by atoms with van der Waals surface area (Å²) in [6.07, 6.45) is 0. The predicted molar refractivity (Wildman–Crippen MR) is 85.7 cm³/mol. The van der Waals surface area contributed by atoms with Crippen molar-refractivity contribution in [2.75, 3.05) is 19.5 Å². The van der Waals surface area contributed by atoms with E-state index in [2.05, 4.69) is 21.2 Å². The quantitative estimate of drug-likeness (QED) is 0.838. The van der Waals surface area contributed by atoms with Gasteiger partial charge >= 0.3 is 0 Å². The van der Waals surface area contributed by atoms with Crippen LogP contribution in [0.5, 0.6) is 11.5 Å². The van der Waals surface area contributed by atoms with Crippen molar-refractivity contribution in [3.63, 3.8) is 0 Å². The van der Waals surface area contributed by atoms with E-state index in [4.69, 9.17) is 9.47 Å². The van der Waals surface area contributed by atoms with Crippen molar-refractivity contribution >= 4 is 21.6 Å². The summed E-state index contributed by atoms with van der Waals surface area (Å²) in [6, 6.07) is 10.5. The van der Waals surface area contributed by atoms with E-state index < -0.39 is 0 Å². The van der Waals surface area contributed by atoms with E-state index in [1.165, 1.54) is 6.07 Å². The van der Waals surface area contributed by atoms with Crippen LogP contribution in [0.3, 0.4) is 0 Å². The molecule has 2 rings (SSSR count). The van der Waals surface area contributed by atoms with Gasteiger partial charge in [-0.05, 0) is 52.7 Å². The Morgan fingerprint density at radius 1 is 1.10 bits per heavy atom. The summed E-state index contributed by atoms with van der Waals surface area (Å²) in [4.78, 5) is 0. The van der Waals surface area contributed by atoms with E-state index in [-0.39, 0.29) is 11.9 Å². The first kappa shape index (κ1) is 15.6. The molecule has 1 unspecified atom stereocenters. The van der Waals surface area contributed by atoms with Crippen LogP contribution in [0.4, 0.5) is 10.1 Å². The molecule has 0 radical (unpaired) electrons. The first-order chi connectivity index (χ1) is 10.0. The maximum atomic E-state index is 13.3. The maximum absolute atomic E-state index is 13.3. The van der Waals surface area contributed by atoms with E-state index in [0.717, 1.165) is 17.0 Å². The molecule has 2 aromatic rings. The molecule has 0 saturated carbocycles. The SMILES string of the molecule is COc1ccc(NC(C)c2ccc(F)c(Br)c2)c(OC)c1. The number of ether oxygens (including phenoxy) is 2. The Hall–Kier alpha value is -1.75. The number of rotatable bonds is 5. The molecule has 1 atom stereocenters. The number of benzene rings is 2. The van der Waals surface area contributed by atoms with Crippen molar-refractivity contribution in [1.29, 1.82) is 0 Å². The number of nitrogens with one attached hydrogen (secondary N) is 1. The molecule has 5 heteroatoms. The van der Waals surface area contributed by atoms with Crippen molar-refractivity contribution in [3.8, 4) is 11.5 Å². The van der Waals surface area contributed by atoms with Crippen LogP contribution < -0.4 is 14.8 Å². The van der Waals surface area contributed by atoms with Crippen LogP contribution in [-0.2, 0) is 0 Å². The van der Waals surface area contributed by atoms with Crippen LogP contribution in [0, 0.1) is 5.82 Å². The molecule has 3 nitrogen and oxygen atoms in total. The number of hydrogen-bond donors (Lipinski definition) is 1. The molecule has 0 aliphatic heterocycles. The van der Waals surface area contributed by atoms with Gasteiger partial charge in [0.2, 0.25) is 0 Å². The third-order valence-corrected chi connectivity index (χ3v) is 3.83. The van der Waals surface area contributed by atoms with Gasteiger partial charge < -0.3 is 14.8 Å². The normalized spacial score (nSPS) is 11.9. The van der Waals surface area contributed by atoms with Gasteiger partial charge in [-0.2, -0.15) is 0 Å². The van der Waals surface area contributed by atoms with Crippen molar-refractivity contribution in [2.45, 2.75) is 13.0 Å². The van der Waals surface area contributed by atoms with Crippen LogP contribution in [0.15, 0.2) is 40.9 Å². The highest BCUT2D eigenvalue weighted by Crippen LogP contribution is 2.32. The molecule has 1 N–H and O–H groups in total. The first-order valence-electron chi connectivity index (χ1n) is 6.48.